The molecule has 1 aliphatic rings. The van der Waals surface area contributed by atoms with E-state index in [1.165, 1.54) is 6.42 Å². The summed E-state index contributed by atoms with van der Waals surface area (Å²) in [6, 6.07) is 0.820. The van der Waals surface area contributed by atoms with Gasteiger partial charge in [0.1, 0.15) is 6.10 Å². The Kier molecular flexibility index (Phi) is 11.9. The minimum Gasteiger partial charge on any atom is -0.463 e. The fraction of sp³-hybridized carbons (Fsp3) is 0.818. The molecule has 1 fully saturated rings. The normalized spacial score (nSPS) is 16.8. The summed E-state index contributed by atoms with van der Waals surface area (Å²) in [7, 11) is -8.54. The second kappa shape index (κ2) is 12.9. The van der Waals surface area contributed by atoms with Gasteiger partial charge in [0.05, 0.1) is 6.61 Å². The molecule has 0 saturated heterocycles. The Morgan fingerprint density at radius 2 is 1.27 bits per heavy atom. The van der Waals surface area contributed by atoms with Crippen LogP contribution < -0.4 is 0 Å². The van der Waals surface area contributed by atoms with E-state index in [-0.39, 0.29) is 12.7 Å². The lowest BCUT2D eigenvalue weighted by atomic mass is 9.98. The number of rotatable bonds is 13. The van der Waals surface area contributed by atoms with Crippen molar-refractivity contribution in [1.29, 1.82) is 0 Å². The van der Waals surface area contributed by atoms with Gasteiger partial charge in [0.2, 0.25) is 0 Å². The van der Waals surface area contributed by atoms with Crippen molar-refractivity contribution < 1.29 is 31.4 Å². The average Bonchev–Trinajstić information content (AvgIpc) is 2.60. The summed E-state index contributed by atoms with van der Waals surface area (Å²) in [5.74, 6) is -1.01. The number of carbonyl (C=O) groups is 2. The number of esters is 2. The highest BCUT2D eigenvalue weighted by molar-refractivity contribution is 6.89. The number of ether oxygens (including phenoxy) is 2. The summed E-state index contributed by atoms with van der Waals surface area (Å²) < 4.78 is 30.2. The molecule has 1 aliphatic carbocycles. The topological polar surface area (TPSA) is 80.3 Å². The summed E-state index contributed by atoms with van der Waals surface area (Å²) in [4.78, 5) is 23.8. The van der Waals surface area contributed by atoms with Crippen LogP contribution in [0.2, 0.25) is 65.0 Å². The first kappa shape index (κ1) is 30.5. The van der Waals surface area contributed by atoms with Gasteiger partial charge >= 0.3 is 20.7 Å². The Hall–Kier alpha value is -0.572. The van der Waals surface area contributed by atoms with Crippen LogP contribution in [0.1, 0.15) is 38.5 Å². The van der Waals surface area contributed by atoms with Crippen molar-refractivity contribution in [1.82, 2.24) is 0 Å². The fourth-order valence-electron chi connectivity index (χ4n) is 3.97. The van der Waals surface area contributed by atoms with Crippen LogP contribution in [0.15, 0.2) is 12.2 Å². The molecule has 0 N–H and O–H groups in total. The lowest BCUT2D eigenvalue weighted by Crippen LogP contribution is -2.59. The minimum absolute atomic E-state index is 0.0248. The Labute approximate surface area is 205 Å². The van der Waals surface area contributed by atoms with Gasteiger partial charge < -0.3 is 21.8 Å². The molecule has 0 amide bonds. The van der Waals surface area contributed by atoms with E-state index in [0.29, 0.717) is 6.42 Å². The second-order valence-electron chi connectivity index (χ2n) is 11.5. The lowest BCUT2D eigenvalue weighted by molar-refractivity contribution is -0.145. The van der Waals surface area contributed by atoms with Gasteiger partial charge in [0.25, 0.3) is 0 Å². The van der Waals surface area contributed by atoms with E-state index < -0.39 is 45.7 Å². The van der Waals surface area contributed by atoms with Crippen LogP contribution in [0, 0.1) is 0 Å². The molecule has 0 aromatic carbocycles. The minimum atomic E-state index is -2.77. The molecule has 1 rings (SSSR count). The predicted molar refractivity (Wildman–Crippen MR) is 142 cm³/mol. The van der Waals surface area contributed by atoms with E-state index in [0.717, 1.165) is 43.9 Å². The standard InChI is InChI=1S/C22H46O7Si4/c1-30(2,3)27-33(9,28-31(4,5)6)29-32(7,8)19-13-18-25-21(23)16-17-22(24)26-20-14-11-10-12-15-20/h16-17,20H,10-15,18-19H2,1-9H3/b17-16+. The van der Waals surface area contributed by atoms with Crippen molar-refractivity contribution in [3.8, 4) is 0 Å². The molecule has 33 heavy (non-hydrogen) atoms. The first-order valence-corrected chi connectivity index (χ1v) is 24.3. The molecule has 1 saturated carbocycles. The number of hydrogen-bond donors (Lipinski definition) is 0. The molecule has 0 aliphatic heterocycles. The van der Waals surface area contributed by atoms with E-state index in [9.17, 15) is 9.59 Å². The van der Waals surface area contributed by atoms with Crippen molar-refractivity contribution in [2.45, 2.75) is 110 Å². The molecule has 0 atom stereocenters. The Morgan fingerprint density at radius 3 is 1.79 bits per heavy atom. The van der Waals surface area contributed by atoms with E-state index >= 15 is 0 Å². The molecule has 11 heteroatoms. The van der Waals surface area contributed by atoms with Crippen LogP contribution >= 0.6 is 0 Å². The van der Waals surface area contributed by atoms with E-state index in [2.05, 4.69) is 52.4 Å². The monoisotopic (exact) mass is 534 g/mol. The molecule has 192 valence electrons. The SMILES string of the molecule is C[Si](C)(C)O[Si](C)(O[Si](C)(C)C)O[Si](C)(C)CCCOC(=O)/C=C/C(=O)OC1CCCCC1. The summed E-state index contributed by atoms with van der Waals surface area (Å²) in [5, 5.41) is 0. The fourth-order valence-corrected chi connectivity index (χ4v) is 19.9. The molecule has 0 spiro atoms. The molecular formula is C22H46O7Si4. The maximum absolute atomic E-state index is 11.9. The largest absolute Gasteiger partial charge is 0.466 e. The zero-order chi connectivity index (χ0) is 25.3. The summed E-state index contributed by atoms with van der Waals surface area (Å²) in [6.07, 6.45) is 8.15. The van der Waals surface area contributed by atoms with Crippen molar-refractivity contribution in [3.63, 3.8) is 0 Å². The van der Waals surface area contributed by atoms with Crippen LogP contribution in [0.4, 0.5) is 0 Å². The first-order chi connectivity index (χ1) is 15.0. The third kappa shape index (κ3) is 15.1. The van der Waals surface area contributed by atoms with Crippen LogP contribution in [-0.2, 0) is 31.4 Å². The van der Waals surface area contributed by atoms with Crippen LogP contribution in [0.25, 0.3) is 0 Å². The van der Waals surface area contributed by atoms with E-state index in [4.69, 9.17) is 21.8 Å². The maximum Gasteiger partial charge on any atom is 0.466 e. The predicted octanol–water partition coefficient (Wildman–Crippen LogP) is 5.85. The van der Waals surface area contributed by atoms with Gasteiger partial charge in [-0.3, -0.25) is 0 Å². The molecule has 0 aromatic rings. The van der Waals surface area contributed by atoms with E-state index in [1.54, 1.807) is 0 Å². The summed E-state index contributed by atoms with van der Waals surface area (Å²) in [6.45, 7) is 19.5. The Balaban J connectivity index is 2.46. The third-order valence-corrected chi connectivity index (χ3v) is 17.9. The third-order valence-electron chi connectivity index (χ3n) is 4.80. The molecule has 0 unspecified atom stereocenters. The van der Waals surface area contributed by atoms with Gasteiger partial charge in [-0.1, -0.05) is 6.42 Å². The Morgan fingerprint density at radius 1 is 0.758 bits per heavy atom. The molecule has 0 bridgehead atoms. The summed E-state index contributed by atoms with van der Waals surface area (Å²) in [5.41, 5.74) is 0. The molecule has 0 radical (unpaired) electrons. The van der Waals surface area contributed by atoms with Gasteiger partial charge in [0, 0.05) is 18.7 Å². The molecule has 0 heterocycles. The average molecular weight is 535 g/mol. The highest BCUT2D eigenvalue weighted by atomic mass is 28.5. The van der Waals surface area contributed by atoms with Crippen molar-refractivity contribution >= 4 is 45.7 Å². The smallest absolute Gasteiger partial charge is 0.463 e. The van der Waals surface area contributed by atoms with Crippen LogP contribution in [0.5, 0.6) is 0 Å². The highest BCUT2D eigenvalue weighted by Gasteiger charge is 2.46. The van der Waals surface area contributed by atoms with Crippen molar-refractivity contribution in [2.75, 3.05) is 6.61 Å². The van der Waals surface area contributed by atoms with E-state index in [1.807, 2.05) is 6.55 Å². The number of hydrogen-bond acceptors (Lipinski definition) is 7. The van der Waals surface area contributed by atoms with Gasteiger partial charge in [-0.25, -0.2) is 9.59 Å². The molecule has 0 aromatic heterocycles. The Bertz CT molecular complexity index is 647. The number of carbonyl (C=O) groups excluding carboxylic acids is 2. The first-order valence-electron chi connectivity index (χ1n) is 12.1. The van der Waals surface area contributed by atoms with Gasteiger partial charge in [-0.2, -0.15) is 0 Å². The quantitative estimate of drug-likeness (QED) is 0.127. The lowest BCUT2D eigenvalue weighted by Gasteiger charge is -2.41. The summed E-state index contributed by atoms with van der Waals surface area (Å²) >= 11 is 0. The zero-order valence-corrected chi connectivity index (χ0v) is 26.2. The second-order valence-corrected chi connectivity index (χ2v) is 28.1. The van der Waals surface area contributed by atoms with Gasteiger partial charge in [-0.05, 0) is 90.5 Å². The van der Waals surface area contributed by atoms with Crippen molar-refractivity contribution in [3.05, 3.63) is 12.2 Å². The van der Waals surface area contributed by atoms with Crippen LogP contribution in [-0.4, -0.2) is 58.4 Å². The van der Waals surface area contributed by atoms with Gasteiger partial charge in [0.15, 0.2) is 25.0 Å². The highest BCUT2D eigenvalue weighted by Crippen LogP contribution is 2.27. The molecule has 7 nitrogen and oxygen atoms in total. The molecular weight excluding hydrogens is 489 g/mol. The maximum atomic E-state index is 11.9. The van der Waals surface area contributed by atoms with Crippen molar-refractivity contribution in [2.24, 2.45) is 0 Å². The zero-order valence-electron chi connectivity index (χ0n) is 22.2. The van der Waals surface area contributed by atoms with Crippen LogP contribution in [0.3, 0.4) is 0 Å². The van der Waals surface area contributed by atoms with Gasteiger partial charge in [-0.15, -0.1) is 0 Å².